The maximum absolute atomic E-state index is 11.4. The predicted octanol–water partition coefficient (Wildman–Crippen LogP) is 2.25. The fraction of sp³-hybridized carbons (Fsp3) is 0.462. The number of anilines is 1. The first-order valence-corrected chi connectivity index (χ1v) is 5.62. The quantitative estimate of drug-likeness (QED) is 0.681. The van der Waals surface area contributed by atoms with Crippen LogP contribution in [0.4, 0.5) is 5.69 Å². The standard InChI is InChI=1S/C11H13NO2.C2H6/c1-12-9-6-4-3-5-8(9)7-10(12)11(13)14-2;1-2/h3-6,10H,7H2,1-2H3;1-2H3. The normalized spacial score (nSPS) is 17.2. The van der Waals surface area contributed by atoms with Gasteiger partial charge in [0.2, 0.25) is 0 Å². The van der Waals surface area contributed by atoms with Crippen LogP contribution in [-0.2, 0) is 16.0 Å². The van der Waals surface area contributed by atoms with Crippen molar-refractivity contribution in [3.05, 3.63) is 29.8 Å². The van der Waals surface area contributed by atoms with Crippen LogP contribution in [-0.4, -0.2) is 26.2 Å². The molecule has 1 atom stereocenters. The van der Waals surface area contributed by atoms with Gasteiger partial charge in [0.15, 0.2) is 0 Å². The minimum atomic E-state index is -0.163. The number of rotatable bonds is 1. The fourth-order valence-electron chi connectivity index (χ4n) is 1.92. The molecule has 3 heteroatoms. The van der Waals surface area contributed by atoms with Crippen molar-refractivity contribution >= 4 is 11.7 Å². The van der Waals surface area contributed by atoms with Gasteiger partial charge in [0.05, 0.1) is 7.11 Å². The summed E-state index contributed by atoms with van der Waals surface area (Å²) in [7, 11) is 3.35. The van der Waals surface area contributed by atoms with Gasteiger partial charge in [-0.05, 0) is 11.6 Å². The van der Waals surface area contributed by atoms with Gasteiger partial charge in [0, 0.05) is 19.2 Å². The SMILES string of the molecule is CC.COC(=O)C1Cc2ccccc2N1C. The second-order valence-electron chi connectivity index (χ2n) is 3.48. The van der Waals surface area contributed by atoms with Gasteiger partial charge >= 0.3 is 5.97 Å². The Kier molecular flexibility index (Phi) is 4.35. The molecular formula is C13H19NO2. The van der Waals surface area contributed by atoms with Gasteiger partial charge in [-0.3, -0.25) is 0 Å². The van der Waals surface area contributed by atoms with Crippen LogP contribution < -0.4 is 4.90 Å². The molecule has 0 aromatic heterocycles. The Morgan fingerprint density at radius 2 is 2.00 bits per heavy atom. The molecule has 0 bridgehead atoms. The van der Waals surface area contributed by atoms with Gasteiger partial charge in [-0.2, -0.15) is 0 Å². The third-order valence-electron chi connectivity index (χ3n) is 2.73. The number of hydrogen-bond acceptors (Lipinski definition) is 3. The van der Waals surface area contributed by atoms with Gasteiger partial charge in [-0.25, -0.2) is 4.79 Å². The van der Waals surface area contributed by atoms with Crippen molar-refractivity contribution < 1.29 is 9.53 Å². The number of nitrogens with zero attached hydrogens (tertiary/aromatic N) is 1. The highest BCUT2D eigenvalue weighted by atomic mass is 16.5. The average molecular weight is 221 g/mol. The first kappa shape index (κ1) is 12.6. The summed E-state index contributed by atoms with van der Waals surface area (Å²) in [4.78, 5) is 13.4. The topological polar surface area (TPSA) is 29.5 Å². The maximum Gasteiger partial charge on any atom is 0.328 e. The Bertz CT molecular complexity index is 363. The van der Waals surface area contributed by atoms with E-state index < -0.39 is 0 Å². The van der Waals surface area contributed by atoms with Crippen LogP contribution in [0.15, 0.2) is 24.3 Å². The summed E-state index contributed by atoms with van der Waals surface area (Å²) in [5.41, 5.74) is 2.34. The second-order valence-corrected chi connectivity index (χ2v) is 3.48. The van der Waals surface area contributed by atoms with Crippen molar-refractivity contribution in [2.75, 3.05) is 19.1 Å². The molecule has 16 heavy (non-hydrogen) atoms. The van der Waals surface area contributed by atoms with E-state index in [-0.39, 0.29) is 12.0 Å². The Labute approximate surface area is 97.0 Å². The molecule has 88 valence electrons. The number of carbonyl (C=O) groups excluding carboxylic acids is 1. The van der Waals surface area contributed by atoms with Crippen LogP contribution in [0.1, 0.15) is 19.4 Å². The number of esters is 1. The maximum atomic E-state index is 11.4. The molecule has 1 unspecified atom stereocenters. The molecule has 0 saturated heterocycles. The van der Waals surface area contributed by atoms with Gasteiger partial charge in [-0.15, -0.1) is 0 Å². The third kappa shape index (κ3) is 2.18. The lowest BCUT2D eigenvalue weighted by Gasteiger charge is -2.19. The molecule has 1 aromatic carbocycles. The first-order chi connectivity index (χ1) is 7.74. The average Bonchev–Trinajstić information content (AvgIpc) is 2.69. The van der Waals surface area contributed by atoms with E-state index in [0.717, 1.165) is 12.1 Å². The summed E-state index contributed by atoms with van der Waals surface area (Å²) in [6.45, 7) is 4.00. The van der Waals surface area contributed by atoms with E-state index >= 15 is 0 Å². The lowest BCUT2D eigenvalue weighted by molar-refractivity contribution is -0.141. The molecule has 1 aromatic rings. The van der Waals surface area contributed by atoms with Gasteiger partial charge < -0.3 is 9.64 Å². The molecule has 0 spiro atoms. The summed E-state index contributed by atoms with van der Waals surface area (Å²) in [5, 5.41) is 0. The summed E-state index contributed by atoms with van der Waals surface area (Å²) >= 11 is 0. The van der Waals surface area contributed by atoms with Crippen LogP contribution in [0.3, 0.4) is 0 Å². The Hall–Kier alpha value is -1.51. The Morgan fingerprint density at radius 1 is 1.38 bits per heavy atom. The van der Waals surface area contributed by atoms with E-state index in [0.29, 0.717) is 0 Å². The molecule has 2 rings (SSSR count). The molecule has 1 aliphatic heterocycles. The highest BCUT2D eigenvalue weighted by molar-refractivity contribution is 5.83. The molecular weight excluding hydrogens is 202 g/mol. The summed E-state index contributed by atoms with van der Waals surface area (Å²) in [6, 6.07) is 7.89. The minimum absolute atomic E-state index is 0.155. The van der Waals surface area contributed by atoms with E-state index in [1.807, 2.05) is 44.0 Å². The zero-order chi connectivity index (χ0) is 12.1. The summed E-state index contributed by atoms with van der Waals surface area (Å²) in [6.07, 6.45) is 0.749. The lowest BCUT2D eigenvalue weighted by atomic mass is 10.1. The zero-order valence-electron chi connectivity index (χ0n) is 10.4. The summed E-state index contributed by atoms with van der Waals surface area (Å²) in [5.74, 6) is -0.163. The van der Waals surface area contributed by atoms with Crippen molar-refractivity contribution in [3.8, 4) is 0 Å². The van der Waals surface area contributed by atoms with E-state index in [1.165, 1.54) is 12.7 Å². The van der Waals surface area contributed by atoms with Crippen LogP contribution in [0.25, 0.3) is 0 Å². The molecule has 0 N–H and O–H groups in total. The minimum Gasteiger partial charge on any atom is -0.467 e. The van der Waals surface area contributed by atoms with E-state index in [9.17, 15) is 4.79 Å². The molecule has 1 heterocycles. The molecule has 0 radical (unpaired) electrons. The highest BCUT2D eigenvalue weighted by Crippen LogP contribution is 2.30. The number of ether oxygens (including phenoxy) is 1. The van der Waals surface area contributed by atoms with Crippen LogP contribution in [0.5, 0.6) is 0 Å². The molecule has 0 saturated carbocycles. The van der Waals surface area contributed by atoms with E-state index in [1.54, 1.807) is 0 Å². The van der Waals surface area contributed by atoms with Crippen LogP contribution >= 0.6 is 0 Å². The highest BCUT2D eigenvalue weighted by Gasteiger charge is 2.32. The first-order valence-electron chi connectivity index (χ1n) is 5.62. The fourth-order valence-corrected chi connectivity index (χ4v) is 1.92. The lowest BCUT2D eigenvalue weighted by Crippen LogP contribution is -2.36. The second kappa shape index (κ2) is 5.54. The third-order valence-corrected chi connectivity index (χ3v) is 2.73. The van der Waals surface area contributed by atoms with Crippen LogP contribution in [0.2, 0.25) is 0 Å². The van der Waals surface area contributed by atoms with Crippen molar-refractivity contribution in [2.45, 2.75) is 26.3 Å². The number of para-hydroxylation sites is 1. The van der Waals surface area contributed by atoms with E-state index in [4.69, 9.17) is 4.74 Å². The van der Waals surface area contributed by atoms with Crippen molar-refractivity contribution in [3.63, 3.8) is 0 Å². The predicted molar refractivity (Wildman–Crippen MR) is 65.7 cm³/mol. The summed E-state index contributed by atoms with van der Waals surface area (Å²) < 4.78 is 4.76. The number of methoxy groups -OCH3 is 1. The van der Waals surface area contributed by atoms with Gasteiger partial charge in [-0.1, -0.05) is 32.0 Å². The molecule has 0 fully saturated rings. The molecule has 0 amide bonds. The van der Waals surface area contributed by atoms with E-state index in [2.05, 4.69) is 6.07 Å². The smallest absolute Gasteiger partial charge is 0.328 e. The Balaban J connectivity index is 0.000000606. The van der Waals surface area contributed by atoms with Crippen molar-refractivity contribution in [1.82, 2.24) is 0 Å². The number of benzene rings is 1. The van der Waals surface area contributed by atoms with Crippen molar-refractivity contribution in [1.29, 1.82) is 0 Å². The Morgan fingerprint density at radius 3 is 2.56 bits per heavy atom. The molecule has 1 aliphatic rings. The van der Waals surface area contributed by atoms with Gasteiger partial charge in [0.25, 0.3) is 0 Å². The monoisotopic (exact) mass is 221 g/mol. The molecule has 0 aliphatic carbocycles. The zero-order valence-corrected chi connectivity index (χ0v) is 10.4. The van der Waals surface area contributed by atoms with Crippen LogP contribution in [0, 0.1) is 0 Å². The number of likely N-dealkylation sites (N-methyl/N-ethyl adjacent to an activating group) is 1. The van der Waals surface area contributed by atoms with Crippen molar-refractivity contribution in [2.24, 2.45) is 0 Å². The number of hydrogen-bond donors (Lipinski definition) is 0. The number of carbonyl (C=O) groups is 1. The molecule has 3 nitrogen and oxygen atoms in total. The number of fused-ring (bicyclic) bond motifs is 1. The largest absolute Gasteiger partial charge is 0.467 e. The van der Waals surface area contributed by atoms with Gasteiger partial charge in [0.1, 0.15) is 6.04 Å².